The highest BCUT2D eigenvalue weighted by Gasteiger charge is 2.17. The second-order valence-electron chi connectivity index (χ2n) is 16.9. The van der Waals surface area contributed by atoms with Gasteiger partial charge in [0.1, 0.15) is 0 Å². The first-order valence-corrected chi connectivity index (χ1v) is 25.1. The summed E-state index contributed by atoms with van der Waals surface area (Å²) >= 11 is 0. The van der Waals surface area contributed by atoms with Gasteiger partial charge in [-0.3, -0.25) is 4.79 Å². The maximum atomic E-state index is 12.3. The predicted octanol–water partition coefficient (Wildman–Crippen LogP) is 16.2. The maximum Gasteiger partial charge on any atom is 0.220 e. The average Bonchev–Trinajstić information content (AvgIpc) is 3.23. The zero-order valence-electron chi connectivity index (χ0n) is 38.5. The molecule has 4 heteroatoms. The van der Waals surface area contributed by atoms with Crippen molar-refractivity contribution in [3.05, 3.63) is 72.9 Å². The van der Waals surface area contributed by atoms with Gasteiger partial charge < -0.3 is 15.5 Å². The van der Waals surface area contributed by atoms with Crippen molar-refractivity contribution in [2.75, 3.05) is 6.61 Å². The second kappa shape index (κ2) is 49.2. The molecular weight excluding hydrogens is 711 g/mol. The fraction of sp³-hybridized carbons (Fsp3) is 0.759. The molecule has 0 aromatic rings. The van der Waals surface area contributed by atoms with Crippen molar-refractivity contribution >= 4 is 5.91 Å². The zero-order chi connectivity index (χ0) is 42.1. The SMILES string of the molecule is C/C=C/CC/C=C/CC/C=C/C(O)C(CO)NC(=O)CCCCCCCCCCCCCCCCCCCCCCCC/C=C\C/C=C\C/C=C\CCCCCCC. The summed E-state index contributed by atoms with van der Waals surface area (Å²) in [6, 6.07) is -0.644. The molecule has 0 heterocycles. The summed E-state index contributed by atoms with van der Waals surface area (Å²) in [4.78, 5) is 12.3. The van der Waals surface area contributed by atoms with Gasteiger partial charge in [0.25, 0.3) is 0 Å². The van der Waals surface area contributed by atoms with Crippen molar-refractivity contribution in [1.29, 1.82) is 0 Å². The Labute approximate surface area is 361 Å². The molecule has 2 atom stereocenters. The van der Waals surface area contributed by atoms with E-state index in [9.17, 15) is 15.0 Å². The largest absolute Gasteiger partial charge is 0.394 e. The first-order valence-electron chi connectivity index (χ1n) is 25.1. The molecule has 0 radical (unpaired) electrons. The van der Waals surface area contributed by atoms with E-state index >= 15 is 0 Å². The third-order valence-electron chi connectivity index (χ3n) is 11.2. The Morgan fingerprint density at radius 2 is 0.793 bits per heavy atom. The van der Waals surface area contributed by atoms with E-state index in [0.29, 0.717) is 6.42 Å². The Kier molecular flexibility index (Phi) is 47.4. The highest BCUT2D eigenvalue weighted by atomic mass is 16.3. The summed E-state index contributed by atoms with van der Waals surface area (Å²) in [5, 5.41) is 22.8. The topological polar surface area (TPSA) is 69.6 Å². The Morgan fingerprint density at radius 1 is 0.448 bits per heavy atom. The van der Waals surface area contributed by atoms with Crippen molar-refractivity contribution in [3.63, 3.8) is 0 Å². The van der Waals surface area contributed by atoms with Gasteiger partial charge in [0.15, 0.2) is 0 Å². The number of aliphatic hydroxyl groups is 2. The summed E-state index contributed by atoms with van der Waals surface area (Å²) in [5.41, 5.74) is 0. The van der Waals surface area contributed by atoms with Crippen LogP contribution < -0.4 is 5.32 Å². The molecular formula is C54H97NO3. The highest BCUT2D eigenvalue weighted by Crippen LogP contribution is 2.16. The van der Waals surface area contributed by atoms with Crippen LogP contribution in [0.5, 0.6) is 0 Å². The maximum absolute atomic E-state index is 12.3. The third kappa shape index (κ3) is 44.9. The number of allylic oxidation sites excluding steroid dienone is 11. The van der Waals surface area contributed by atoms with Gasteiger partial charge in [-0.15, -0.1) is 0 Å². The van der Waals surface area contributed by atoms with Crippen molar-refractivity contribution in [3.8, 4) is 0 Å². The summed E-state index contributed by atoms with van der Waals surface area (Å²) < 4.78 is 0. The van der Waals surface area contributed by atoms with Gasteiger partial charge in [0.05, 0.1) is 18.8 Å². The predicted molar refractivity (Wildman–Crippen MR) is 257 cm³/mol. The smallest absolute Gasteiger partial charge is 0.220 e. The van der Waals surface area contributed by atoms with E-state index in [-0.39, 0.29) is 12.5 Å². The van der Waals surface area contributed by atoms with Crippen molar-refractivity contribution < 1.29 is 15.0 Å². The molecule has 0 aliphatic carbocycles. The van der Waals surface area contributed by atoms with Crippen LogP contribution in [0.1, 0.15) is 245 Å². The van der Waals surface area contributed by atoms with Crippen molar-refractivity contribution in [2.24, 2.45) is 0 Å². The number of carbonyl (C=O) groups is 1. The molecule has 0 fully saturated rings. The Balaban J connectivity index is 3.41. The van der Waals surface area contributed by atoms with Crippen LogP contribution in [0.2, 0.25) is 0 Å². The molecule has 0 aromatic heterocycles. The van der Waals surface area contributed by atoms with Gasteiger partial charge in [-0.05, 0) is 77.6 Å². The first-order chi connectivity index (χ1) is 28.7. The van der Waals surface area contributed by atoms with Crippen LogP contribution in [0.15, 0.2) is 72.9 Å². The fourth-order valence-corrected chi connectivity index (χ4v) is 7.40. The number of rotatable bonds is 45. The third-order valence-corrected chi connectivity index (χ3v) is 11.2. The van der Waals surface area contributed by atoms with Gasteiger partial charge in [0.2, 0.25) is 5.91 Å². The molecule has 336 valence electrons. The molecule has 0 aliphatic rings. The molecule has 0 spiro atoms. The van der Waals surface area contributed by atoms with Crippen LogP contribution in [-0.4, -0.2) is 34.9 Å². The van der Waals surface area contributed by atoms with Gasteiger partial charge in [-0.25, -0.2) is 0 Å². The fourth-order valence-electron chi connectivity index (χ4n) is 7.40. The summed E-state index contributed by atoms with van der Waals surface area (Å²) in [7, 11) is 0. The highest BCUT2D eigenvalue weighted by molar-refractivity contribution is 5.76. The number of aliphatic hydroxyl groups excluding tert-OH is 2. The molecule has 0 rings (SSSR count). The van der Waals surface area contributed by atoms with Crippen molar-refractivity contribution in [2.45, 2.75) is 257 Å². The van der Waals surface area contributed by atoms with Crippen LogP contribution in [-0.2, 0) is 4.79 Å². The van der Waals surface area contributed by atoms with Gasteiger partial charge in [-0.1, -0.05) is 234 Å². The van der Waals surface area contributed by atoms with E-state index in [4.69, 9.17) is 0 Å². The zero-order valence-corrected chi connectivity index (χ0v) is 38.5. The van der Waals surface area contributed by atoms with Crippen LogP contribution in [0.25, 0.3) is 0 Å². The Morgan fingerprint density at radius 3 is 1.21 bits per heavy atom. The van der Waals surface area contributed by atoms with Gasteiger partial charge in [-0.2, -0.15) is 0 Å². The lowest BCUT2D eigenvalue weighted by molar-refractivity contribution is -0.123. The van der Waals surface area contributed by atoms with Crippen LogP contribution in [0.3, 0.4) is 0 Å². The van der Waals surface area contributed by atoms with Crippen LogP contribution >= 0.6 is 0 Å². The molecule has 0 aliphatic heterocycles. The first kappa shape index (κ1) is 55.8. The van der Waals surface area contributed by atoms with E-state index in [1.165, 1.54) is 173 Å². The lowest BCUT2D eigenvalue weighted by atomic mass is 10.0. The number of hydrogen-bond donors (Lipinski definition) is 3. The number of unbranched alkanes of at least 4 members (excludes halogenated alkanes) is 29. The molecule has 0 saturated heterocycles. The minimum Gasteiger partial charge on any atom is -0.394 e. The second-order valence-corrected chi connectivity index (χ2v) is 16.9. The number of nitrogens with one attached hydrogen (secondary N) is 1. The molecule has 0 bridgehead atoms. The van der Waals surface area contributed by atoms with Crippen molar-refractivity contribution in [1.82, 2.24) is 5.32 Å². The summed E-state index contributed by atoms with van der Waals surface area (Å²) in [6.07, 6.45) is 70.8. The minimum atomic E-state index is -0.868. The monoisotopic (exact) mass is 808 g/mol. The Bertz CT molecular complexity index is 1010. The summed E-state index contributed by atoms with van der Waals surface area (Å²) in [5.74, 6) is -0.0805. The number of amides is 1. The van der Waals surface area contributed by atoms with E-state index in [0.717, 1.165) is 51.4 Å². The van der Waals surface area contributed by atoms with E-state index < -0.39 is 12.1 Å². The molecule has 1 amide bonds. The minimum absolute atomic E-state index is 0.0805. The van der Waals surface area contributed by atoms with Gasteiger partial charge in [0, 0.05) is 6.42 Å². The van der Waals surface area contributed by atoms with E-state index in [1.54, 1.807) is 6.08 Å². The molecule has 0 saturated carbocycles. The van der Waals surface area contributed by atoms with E-state index in [2.05, 4.69) is 73.0 Å². The van der Waals surface area contributed by atoms with Gasteiger partial charge >= 0.3 is 0 Å². The number of carbonyl (C=O) groups excluding carboxylic acids is 1. The van der Waals surface area contributed by atoms with Crippen LogP contribution in [0, 0.1) is 0 Å². The van der Waals surface area contributed by atoms with Crippen LogP contribution in [0.4, 0.5) is 0 Å². The lowest BCUT2D eigenvalue weighted by Gasteiger charge is -2.19. The Hall–Kier alpha value is -2.17. The van der Waals surface area contributed by atoms with E-state index in [1.807, 2.05) is 13.0 Å². The molecule has 2 unspecified atom stereocenters. The molecule has 4 nitrogen and oxygen atoms in total. The molecule has 58 heavy (non-hydrogen) atoms. The number of hydrogen-bond acceptors (Lipinski definition) is 3. The summed E-state index contributed by atoms with van der Waals surface area (Å²) in [6.45, 7) is 4.05. The lowest BCUT2D eigenvalue weighted by Crippen LogP contribution is -2.45. The molecule has 3 N–H and O–H groups in total. The standard InChI is InChI=1S/C54H97NO3/c1-3-5-7-9-11-13-14-15-16-17-18-19-20-21-22-23-24-25-26-27-28-29-30-31-32-33-34-35-36-37-38-39-40-42-44-46-48-50-54(58)55-52(51-56)53(57)49-47-45-43-41-12-10-8-6-4-2/h4,6,12,14-15,17-18,20-21,41,47,49,52-53,56-57H,3,5,7-11,13,16,19,22-40,42-46,48,50-51H2,1-2H3,(H,55,58)/b6-4+,15-14-,18-17-,21-20-,41-12+,49-47+. The average molecular weight is 808 g/mol. The molecule has 0 aromatic carbocycles. The quantitative estimate of drug-likeness (QED) is 0.0424. The normalized spacial score (nSPS) is 13.5.